The van der Waals surface area contributed by atoms with Crippen molar-refractivity contribution in [2.45, 2.75) is 20.8 Å². The van der Waals surface area contributed by atoms with Crippen molar-refractivity contribution in [1.29, 1.82) is 0 Å². The van der Waals surface area contributed by atoms with Gasteiger partial charge in [0.15, 0.2) is 0 Å². The van der Waals surface area contributed by atoms with Crippen molar-refractivity contribution >= 4 is 21.5 Å². The van der Waals surface area contributed by atoms with Gasteiger partial charge in [0, 0.05) is 34.1 Å². The van der Waals surface area contributed by atoms with E-state index in [1.165, 1.54) is 16.2 Å². The average Bonchev–Trinajstić information content (AvgIpc) is 2.54. The molecule has 0 spiro atoms. The Morgan fingerprint density at radius 3 is 2.35 bits per heavy atom. The number of fused-ring (bicyclic) bond motifs is 3. The van der Waals surface area contributed by atoms with Crippen LogP contribution in [-0.4, -0.2) is 15.0 Å². The molecule has 0 unspecified atom stereocenters. The SMILES string of the molecule is Cc1cccc(-c2nccc3c2ccc2c(C)nc(C)cc23)n1. The summed E-state index contributed by atoms with van der Waals surface area (Å²) in [6.07, 6.45) is 1.87. The molecular formula is C20H17N3. The minimum atomic E-state index is 0.914. The lowest BCUT2D eigenvalue weighted by molar-refractivity contribution is 1.15. The molecule has 112 valence electrons. The van der Waals surface area contributed by atoms with Gasteiger partial charge in [0.05, 0.1) is 11.4 Å². The molecule has 0 atom stereocenters. The van der Waals surface area contributed by atoms with Crippen LogP contribution in [0.2, 0.25) is 0 Å². The maximum absolute atomic E-state index is 4.63. The third-order valence-corrected chi connectivity index (χ3v) is 4.21. The number of hydrogen-bond acceptors (Lipinski definition) is 3. The molecule has 3 heteroatoms. The Morgan fingerprint density at radius 2 is 1.52 bits per heavy atom. The van der Waals surface area contributed by atoms with Crippen molar-refractivity contribution in [1.82, 2.24) is 15.0 Å². The van der Waals surface area contributed by atoms with Gasteiger partial charge in [-0.3, -0.25) is 15.0 Å². The van der Waals surface area contributed by atoms with E-state index in [4.69, 9.17) is 0 Å². The summed E-state index contributed by atoms with van der Waals surface area (Å²) < 4.78 is 0. The predicted molar refractivity (Wildman–Crippen MR) is 94.5 cm³/mol. The molecule has 3 aromatic heterocycles. The largest absolute Gasteiger partial charge is 0.258 e. The molecule has 0 aliphatic rings. The average molecular weight is 299 g/mol. The molecule has 3 heterocycles. The highest BCUT2D eigenvalue weighted by Gasteiger charge is 2.10. The van der Waals surface area contributed by atoms with Crippen LogP contribution in [0.4, 0.5) is 0 Å². The van der Waals surface area contributed by atoms with Crippen molar-refractivity contribution in [2.24, 2.45) is 0 Å². The van der Waals surface area contributed by atoms with E-state index in [-0.39, 0.29) is 0 Å². The standard InChI is InChI=1S/C20H17N3/c1-12-5-4-6-19(23-12)20-17-8-7-15-14(3)22-13(2)11-18(15)16(17)9-10-21-20/h4-11H,1-3H3. The van der Waals surface area contributed by atoms with Crippen molar-refractivity contribution in [3.63, 3.8) is 0 Å². The Bertz CT molecular complexity index is 1050. The first kappa shape index (κ1) is 13.8. The van der Waals surface area contributed by atoms with Crippen LogP contribution in [0.5, 0.6) is 0 Å². The van der Waals surface area contributed by atoms with Gasteiger partial charge < -0.3 is 0 Å². The number of nitrogens with zero attached hydrogens (tertiary/aromatic N) is 3. The molecular weight excluding hydrogens is 282 g/mol. The van der Waals surface area contributed by atoms with Crippen molar-refractivity contribution < 1.29 is 0 Å². The van der Waals surface area contributed by atoms with Gasteiger partial charge in [0.1, 0.15) is 0 Å². The number of benzene rings is 1. The van der Waals surface area contributed by atoms with Crippen molar-refractivity contribution in [3.8, 4) is 11.4 Å². The van der Waals surface area contributed by atoms with Crippen LogP contribution < -0.4 is 0 Å². The van der Waals surface area contributed by atoms with Gasteiger partial charge in [-0.05, 0) is 55.8 Å². The molecule has 4 rings (SSSR count). The summed E-state index contributed by atoms with van der Waals surface area (Å²) in [5.41, 5.74) is 4.94. The minimum Gasteiger partial charge on any atom is -0.258 e. The fraction of sp³-hybridized carbons (Fsp3) is 0.150. The Balaban J connectivity index is 2.11. The van der Waals surface area contributed by atoms with E-state index in [1.807, 2.05) is 38.2 Å². The lowest BCUT2D eigenvalue weighted by Gasteiger charge is -2.10. The third-order valence-electron chi connectivity index (χ3n) is 4.21. The molecule has 1 aromatic carbocycles. The Hall–Kier alpha value is -2.81. The summed E-state index contributed by atoms with van der Waals surface area (Å²) in [6, 6.07) is 14.5. The second-order valence-corrected chi connectivity index (χ2v) is 5.93. The van der Waals surface area contributed by atoms with Crippen LogP contribution in [0.1, 0.15) is 17.1 Å². The van der Waals surface area contributed by atoms with E-state index in [1.54, 1.807) is 0 Å². The zero-order valence-corrected chi connectivity index (χ0v) is 13.5. The fourth-order valence-electron chi connectivity index (χ4n) is 3.19. The summed E-state index contributed by atoms with van der Waals surface area (Å²) in [6.45, 7) is 6.10. The Kier molecular flexibility index (Phi) is 3.08. The van der Waals surface area contributed by atoms with Crippen molar-refractivity contribution in [3.05, 3.63) is 65.7 Å². The van der Waals surface area contributed by atoms with Gasteiger partial charge in [0.25, 0.3) is 0 Å². The van der Waals surface area contributed by atoms with Gasteiger partial charge >= 0.3 is 0 Å². The highest BCUT2D eigenvalue weighted by Crippen LogP contribution is 2.32. The molecule has 0 amide bonds. The van der Waals surface area contributed by atoms with Crippen molar-refractivity contribution in [2.75, 3.05) is 0 Å². The molecule has 0 radical (unpaired) electrons. The van der Waals surface area contributed by atoms with E-state index in [9.17, 15) is 0 Å². The van der Waals surface area contributed by atoms with E-state index >= 15 is 0 Å². The molecule has 0 aliphatic heterocycles. The highest BCUT2D eigenvalue weighted by atomic mass is 14.8. The van der Waals surface area contributed by atoms with Crippen LogP contribution >= 0.6 is 0 Å². The summed E-state index contributed by atoms with van der Waals surface area (Å²) in [7, 11) is 0. The van der Waals surface area contributed by atoms with E-state index < -0.39 is 0 Å². The zero-order valence-electron chi connectivity index (χ0n) is 13.5. The summed E-state index contributed by atoms with van der Waals surface area (Å²) in [4.78, 5) is 13.8. The maximum Gasteiger partial charge on any atom is 0.0964 e. The van der Waals surface area contributed by atoms with E-state index in [0.29, 0.717) is 0 Å². The number of aryl methyl sites for hydroxylation is 3. The molecule has 0 fully saturated rings. The molecule has 0 aliphatic carbocycles. The van der Waals surface area contributed by atoms with Crippen LogP contribution in [0, 0.1) is 20.8 Å². The lowest BCUT2D eigenvalue weighted by Crippen LogP contribution is -1.93. The van der Waals surface area contributed by atoms with Gasteiger partial charge in [-0.25, -0.2) is 0 Å². The fourth-order valence-corrected chi connectivity index (χ4v) is 3.19. The summed E-state index contributed by atoms with van der Waals surface area (Å²) in [5, 5.41) is 4.74. The molecule has 0 saturated heterocycles. The lowest BCUT2D eigenvalue weighted by atomic mass is 9.99. The molecule has 4 aromatic rings. The second-order valence-electron chi connectivity index (χ2n) is 5.93. The maximum atomic E-state index is 4.63. The Morgan fingerprint density at radius 1 is 0.696 bits per heavy atom. The van der Waals surface area contributed by atoms with Crippen LogP contribution in [0.25, 0.3) is 32.9 Å². The number of hydrogen-bond donors (Lipinski definition) is 0. The van der Waals surface area contributed by atoms with Gasteiger partial charge in [-0.2, -0.15) is 0 Å². The van der Waals surface area contributed by atoms with E-state index in [2.05, 4.69) is 46.1 Å². The third kappa shape index (κ3) is 2.25. The van der Waals surface area contributed by atoms with Crippen LogP contribution in [-0.2, 0) is 0 Å². The topological polar surface area (TPSA) is 38.7 Å². The van der Waals surface area contributed by atoms with Crippen LogP contribution in [0.15, 0.2) is 48.7 Å². The Labute approximate surface area is 135 Å². The molecule has 0 bridgehead atoms. The first-order chi connectivity index (χ1) is 11.1. The zero-order chi connectivity index (χ0) is 16.0. The second kappa shape index (κ2) is 5.13. The molecule has 0 N–H and O–H groups in total. The number of pyridine rings is 3. The van der Waals surface area contributed by atoms with Gasteiger partial charge in [-0.15, -0.1) is 0 Å². The summed E-state index contributed by atoms with van der Waals surface area (Å²) in [5.74, 6) is 0. The van der Waals surface area contributed by atoms with Gasteiger partial charge in [-0.1, -0.05) is 18.2 Å². The first-order valence-corrected chi connectivity index (χ1v) is 7.73. The predicted octanol–water partition coefficient (Wildman–Crippen LogP) is 4.77. The number of rotatable bonds is 1. The monoisotopic (exact) mass is 299 g/mol. The minimum absolute atomic E-state index is 0.914. The summed E-state index contributed by atoms with van der Waals surface area (Å²) >= 11 is 0. The highest BCUT2D eigenvalue weighted by molar-refractivity contribution is 6.11. The number of aromatic nitrogens is 3. The van der Waals surface area contributed by atoms with Gasteiger partial charge in [0.2, 0.25) is 0 Å². The quantitative estimate of drug-likeness (QED) is 0.475. The molecule has 3 nitrogen and oxygen atoms in total. The molecule has 0 saturated carbocycles. The first-order valence-electron chi connectivity index (χ1n) is 7.73. The molecule has 23 heavy (non-hydrogen) atoms. The normalized spacial score (nSPS) is 11.3. The van der Waals surface area contributed by atoms with E-state index in [0.717, 1.165) is 33.9 Å². The van der Waals surface area contributed by atoms with Crippen LogP contribution in [0.3, 0.4) is 0 Å². The smallest absolute Gasteiger partial charge is 0.0964 e.